The van der Waals surface area contributed by atoms with Gasteiger partial charge in [-0.25, -0.2) is 18.1 Å². The Morgan fingerprint density at radius 3 is 2.75 bits per heavy atom. The highest BCUT2D eigenvalue weighted by molar-refractivity contribution is 7.89. The van der Waals surface area contributed by atoms with Crippen LogP contribution in [0.1, 0.15) is 32.6 Å². The molecule has 2 aromatic rings. The van der Waals surface area contributed by atoms with Gasteiger partial charge in [-0.05, 0) is 31.9 Å². The molecular formula is C13H18N4O2S. The predicted octanol–water partition coefficient (Wildman–Crippen LogP) is 1.53. The molecule has 1 aliphatic carbocycles. The molecule has 7 heteroatoms. The molecule has 20 heavy (non-hydrogen) atoms. The summed E-state index contributed by atoms with van der Waals surface area (Å²) in [6.07, 6.45) is 5.44. The Kier molecular flexibility index (Phi) is 2.98. The average molecular weight is 294 g/mol. The molecule has 0 radical (unpaired) electrons. The maximum atomic E-state index is 12.6. The summed E-state index contributed by atoms with van der Waals surface area (Å²) < 4.78 is 29.6. The molecule has 3 rings (SSSR count). The molecule has 0 bridgehead atoms. The lowest BCUT2D eigenvalue weighted by molar-refractivity contribution is 0.426. The number of aromatic nitrogens is 2. The van der Waals surface area contributed by atoms with E-state index in [1.165, 1.54) is 4.40 Å². The monoisotopic (exact) mass is 294 g/mol. The Balaban J connectivity index is 2.07. The Hall–Kier alpha value is -1.60. The SMILES string of the molecule is CC1(NS(=O)(=O)c2c(N)nc3ccccn23)CCCC1. The van der Waals surface area contributed by atoms with Gasteiger partial charge in [-0.3, -0.25) is 4.40 Å². The van der Waals surface area contributed by atoms with Gasteiger partial charge >= 0.3 is 0 Å². The summed E-state index contributed by atoms with van der Waals surface area (Å²) in [5, 5.41) is 0.0289. The van der Waals surface area contributed by atoms with E-state index in [0.717, 1.165) is 25.7 Å². The first-order valence-corrected chi connectivity index (χ1v) is 8.16. The lowest BCUT2D eigenvalue weighted by Gasteiger charge is -2.24. The summed E-state index contributed by atoms with van der Waals surface area (Å²) in [5.74, 6) is 0.0327. The fourth-order valence-corrected chi connectivity index (χ4v) is 4.57. The van der Waals surface area contributed by atoms with Crippen LogP contribution in [0.2, 0.25) is 0 Å². The molecule has 1 fully saturated rings. The number of nitrogens with zero attached hydrogens (tertiary/aromatic N) is 2. The van der Waals surface area contributed by atoms with Gasteiger partial charge in [-0.15, -0.1) is 0 Å². The fraction of sp³-hybridized carbons (Fsp3) is 0.462. The molecule has 2 aromatic heterocycles. The van der Waals surface area contributed by atoms with Crippen LogP contribution in [0.4, 0.5) is 5.82 Å². The molecule has 0 spiro atoms. The molecule has 0 atom stereocenters. The van der Waals surface area contributed by atoms with Crippen LogP contribution in [-0.4, -0.2) is 23.3 Å². The van der Waals surface area contributed by atoms with Crippen molar-refractivity contribution >= 4 is 21.5 Å². The van der Waals surface area contributed by atoms with Gasteiger partial charge in [0.1, 0.15) is 5.65 Å². The first kappa shape index (κ1) is 13.4. The van der Waals surface area contributed by atoms with Crippen molar-refractivity contribution < 1.29 is 8.42 Å². The Labute approximate surface area is 118 Å². The maximum Gasteiger partial charge on any atom is 0.260 e. The molecule has 0 aliphatic heterocycles. The lowest BCUT2D eigenvalue weighted by Crippen LogP contribution is -2.44. The number of nitrogens with two attached hydrogens (primary N) is 1. The number of imidazole rings is 1. The Morgan fingerprint density at radius 2 is 2.05 bits per heavy atom. The number of rotatable bonds is 3. The zero-order chi connectivity index (χ0) is 14.4. The fourth-order valence-electron chi connectivity index (χ4n) is 2.89. The second-order valence-corrected chi connectivity index (χ2v) is 7.20. The zero-order valence-corrected chi connectivity index (χ0v) is 12.2. The van der Waals surface area contributed by atoms with Crippen LogP contribution in [0.5, 0.6) is 0 Å². The number of hydrogen-bond donors (Lipinski definition) is 2. The summed E-state index contributed by atoms with van der Waals surface area (Å²) in [6.45, 7) is 1.94. The van der Waals surface area contributed by atoms with E-state index in [1.54, 1.807) is 24.4 Å². The smallest absolute Gasteiger partial charge is 0.260 e. The van der Waals surface area contributed by atoms with Crippen LogP contribution < -0.4 is 10.5 Å². The number of nitrogen functional groups attached to an aromatic ring is 1. The summed E-state index contributed by atoms with van der Waals surface area (Å²) in [5.41, 5.74) is 5.95. The van der Waals surface area contributed by atoms with Crippen molar-refractivity contribution in [3.8, 4) is 0 Å². The number of nitrogens with one attached hydrogen (secondary N) is 1. The van der Waals surface area contributed by atoms with Crippen molar-refractivity contribution in [2.75, 3.05) is 5.73 Å². The van der Waals surface area contributed by atoms with E-state index in [2.05, 4.69) is 9.71 Å². The first-order valence-electron chi connectivity index (χ1n) is 6.68. The zero-order valence-electron chi connectivity index (χ0n) is 11.3. The number of fused-ring (bicyclic) bond motifs is 1. The lowest BCUT2D eigenvalue weighted by atomic mass is 10.0. The van der Waals surface area contributed by atoms with Gasteiger partial charge < -0.3 is 5.73 Å². The molecular weight excluding hydrogens is 276 g/mol. The van der Waals surface area contributed by atoms with Crippen LogP contribution >= 0.6 is 0 Å². The average Bonchev–Trinajstić information content (AvgIpc) is 2.91. The number of anilines is 1. The number of sulfonamides is 1. The maximum absolute atomic E-state index is 12.6. The molecule has 0 saturated heterocycles. The van der Waals surface area contributed by atoms with Crippen molar-refractivity contribution in [1.29, 1.82) is 0 Å². The quantitative estimate of drug-likeness (QED) is 0.898. The highest BCUT2D eigenvalue weighted by atomic mass is 32.2. The van der Waals surface area contributed by atoms with Crippen LogP contribution in [0.3, 0.4) is 0 Å². The Bertz CT molecular complexity index is 745. The van der Waals surface area contributed by atoms with Crippen LogP contribution in [0.25, 0.3) is 5.65 Å². The van der Waals surface area contributed by atoms with Gasteiger partial charge in [0.2, 0.25) is 0 Å². The van der Waals surface area contributed by atoms with Gasteiger partial charge in [0, 0.05) is 11.7 Å². The van der Waals surface area contributed by atoms with E-state index in [1.807, 2.05) is 6.92 Å². The van der Waals surface area contributed by atoms with Crippen LogP contribution in [0, 0.1) is 0 Å². The van der Waals surface area contributed by atoms with E-state index < -0.39 is 10.0 Å². The van der Waals surface area contributed by atoms with E-state index in [9.17, 15) is 8.42 Å². The van der Waals surface area contributed by atoms with Crippen LogP contribution in [-0.2, 0) is 10.0 Å². The van der Waals surface area contributed by atoms with Crippen molar-refractivity contribution in [2.45, 2.75) is 43.2 Å². The van der Waals surface area contributed by atoms with Gasteiger partial charge in [0.15, 0.2) is 10.8 Å². The third-order valence-electron chi connectivity index (χ3n) is 3.85. The van der Waals surface area contributed by atoms with Crippen molar-refractivity contribution in [1.82, 2.24) is 14.1 Å². The molecule has 0 aromatic carbocycles. The molecule has 1 saturated carbocycles. The molecule has 0 unspecified atom stereocenters. The summed E-state index contributed by atoms with van der Waals surface area (Å²) in [6, 6.07) is 5.28. The summed E-state index contributed by atoms with van der Waals surface area (Å²) in [4.78, 5) is 4.10. The van der Waals surface area contributed by atoms with Crippen LogP contribution in [0.15, 0.2) is 29.4 Å². The largest absolute Gasteiger partial charge is 0.381 e. The predicted molar refractivity (Wildman–Crippen MR) is 76.8 cm³/mol. The summed E-state index contributed by atoms with van der Waals surface area (Å²) in [7, 11) is -3.69. The second-order valence-electron chi connectivity index (χ2n) is 5.60. The molecule has 3 N–H and O–H groups in total. The number of hydrogen-bond acceptors (Lipinski definition) is 4. The third kappa shape index (κ3) is 2.16. The van der Waals surface area contributed by atoms with Crippen molar-refractivity contribution in [3.63, 3.8) is 0 Å². The van der Waals surface area contributed by atoms with Gasteiger partial charge in [0.25, 0.3) is 10.0 Å². The van der Waals surface area contributed by atoms with E-state index in [4.69, 9.17) is 5.73 Å². The minimum atomic E-state index is -3.69. The number of pyridine rings is 1. The van der Waals surface area contributed by atoms with E-state index in [-0.39, 0.29) is 16.4 Å². The second kappa shape index (κ2) is 4.46. The van der Waals surface area contributed by atoms with E-state index >= 15 is 0 Å². The van der Waals surface area contributed by atoms with Gasteiger partial charge in [-0.2, -0.15) is 0 Å². The Morgan fingerprint density at radius 1 is 1.35 bits per heavy atom. The van der Waals surface area contributed by atoms with E-state index in [0.29, 0.717) is 5.65 Å². The highest BCUT2D eigenvalue weighted by Gasteiger charge is 2.35. The molecule has 108 valence electrons. The molecule has 2 heterocycles. The molecule has 0 amide bonds. The minimum absolute atomic E-state index is 0.0289. The normalized spacial score (nSPS) is 18.6. The first-order chi connectivity index (χ1) is 9.41. The molecule has 6 nitrogen and oxygen atoms in total. The standard InChI is InChI=1S/C13H18N4O2S/c1-13(7-3-4-8-13)16-20(18,19)12-11(14)15-10-6-2-5-9-17(10)12/h2,5-6,9,16H,3-4,7-8,14H2,1H3. The third-order valence-corrected chi connectivity index (χ3v) is 5.53. The molecule has 1 aliphatic rings. The van der Waals surface area contributed by atoms with Crippen molar-refractivity contribution in [2.24, 2.45) is 0 Å². The highest BCUT2D eigenvalue weighted by Crippen LogP contribution is 2.31. The van der Waals surface area contributed by atoms with Gasteiger partial charge in [0.05, 0.1) is 0 Å². The minimum Gasteiger partial charge on any atom is -0.381 e. The summed E-state index contributed by atoms with van der Waals surface area (Å²) >= 11 is 0. The van der Waals surface area contributed by atoms with Crippen molar-refractivity contribution in [3.05, 3.63) is 24.4 Å². The van der Waals surface area contributed by atoms with Gasteiger partial charge in [-0.1, -0.05) is 18.9 Å². The topological polar surface area (TPSA) is 89.5 Å².